The van der Waals surface area contributed by atoms with Crippen molar-refractivity contribution in [2.24, 2.45) is 0 Å². The number of anilines is 1. The van der Waals surface area contributed by atoms with Gasteiger partial charge in [-0.3, -0.25) is 4.79 Å². The molecule has 0 saturated carbocycles. The number of amides is 1. The molecule has 0 aromatic carbocycles. The molecule has 0 fully saturated rings. The van der Waals surface area contributed by atoms with Gasteiger partial charge in [0, 0.05) is 18.0 Å². The molecule has 2 aromatic heterocycles. The molecule has 7 nitrogen and oxygen atoms in total. The zero-order valence-electron chi connectivity index (χ0n) is 9.07. The Morgan fingerprint density at radius 2 is 2.06 bits per heavy atom. The summed E-state index contributed by atoms with van der Waals surface area (Å²) in [6.07, 6.45) is 2.74. The van der Waals surface area contributed by atoms with Crippen molar-refractivity contribution >= 4 is 17.7 Å². The number of rotatable bonds is 3. The average Bonchev–Trinajstić information content (AvgIpc) is 2.40. The Morgan fingerprint density at radius 3 is 2.72 bits per heavy atom. The fourth-order valence-corrected chi connectivity index (χ4v) is 1.25. The predicted octanol–water partition coefficient (Wildman–Crippen LogP) is 0.822. The quantitative estimate of drug-likeness (QED) is 0.828. The van der Waals surface area contributed by atoms with Crippen LogP contribution in [0.3, 0.4) is 0 Å². The highest BCUT2D eigenvalue weighted by Gasteiger charge is 2.11. The number of carbonyl (C=O) groups excluding carboxylic acids is 1. The first kappa shape index (κ1) is 11.6. The van der Waals surface area contributed by atoms with Gasteiger partial charge in [0.15, 0.2) is 5.82 Å². The van der Waals surface area contributed by atoms with Crippen LogP contribution in [0.5, 0.6) is 0 Å². The summed E-state index contributed by atoms with van der Waals surface area (Å²) in [6, 6.07) is 5.80. The number of nitrogens with one attached hydrogen (secondary N) is 1. The van der Waals surface area contributed by atoms with Crippen molar-refractivity contribution in [3.8, 4) is 0 Å². The first-order valence-electron chi connectivity index (χ1n) is 4.95. The SMILES string of the molecule is O=C(Nc1cccnn1)c1ccnc(C(=O)O)c1. The maximum absolute atomic E-state index is 11.8. The van der Waals surface area contributed by atoms with Crippen molar-refractivity contribution in [3.63, 3.8) is 0 Å². The summed E-state index contributed by atoms with van der Waals surface area (Å²) >= 11 is 0. The van der Waals surface area contributed by atoms with Crippen molar-refractivity contribution in [3.05, 3.63) is 47.9 Å². The third-order valence-electron chi connectivity index (χ3n) is 2.06. The number of hydrogen-bond donors (Lipinski definition) is 2. The Hall–Kier alpha value is -2.83. The van der Waals surface area contributed by atoms with E-state index in [4.69, 9.17) is 5.11 Å². The molecule has 1 amide bonds. The van der Waals surface area contributed by atoms with Gasteiger partial charge in [0.05, 0.1) is 0 Å². The van der Waals surface area contributed by atoms with Gasteiger partial charge in [0.25, 0.3) is 5.91 Å². The molecule has 2 aromatic rings. The van der Waals surface area contributed by atoms with Crippen molar-refractivity contribution in [2.45, 2.75) is 0 Å². The predicted molar refractivity (Wildman–Crippen MR) is 61.2 cm³/mol. The van der Waals surface area contributed by atoms with Crippen LogP contribution < -0.4 is 5.32 Å². The van der Waals surface area contributed by atoms with Crippen molar-refractivity contribution < 1.29 is 14.7 Å². The highest BCUT2D eigenvalue weighted by Crippen LogP contribution is 2.06. The normalized spacial score (nSPS) is 9.78. The maximum atomic E-state index is 11.8. The first-order valence-corrected chi connectivity index (χ1v) is 4.95. The maximum Gasteiger partial charge on any atom is 0.354 e. The Kier molecular flexibility index (Phi) is 3.24. The Balaban J connectivity index is 2.19. The Morgan fingerprint density at radius 1 is 1.22 bits per heavy atom. The highest BCUT2D eigenvalue weighted by atomic mass is 16.4. The van der Waals surface area contributed by atoms with E-state index < -0.39 is 11.9 Å². The van der Waals surface area contributed by atoms with Gasteiger partial charge in [-0.2, -0.15) is 5.10 Å². The second-order valence-corrected chi connectivity index (χ2v) is 3.30. The van der Waals surface area contributed by atoms with Crippen LogP contribution in [-0.2, 0) is 0 Å². The van der Waals surface area contributed by atoms with E-state index >= 15 is 0 Å². The van der Waals surface area contributed by atoms with Gasteiger partial charge in [-0.05, 0) is 24.3 Å². The summed E-state index contributed by atoms with van der Waals surface area (Å²) in [5.74, 6) is -1.37. The van der Waals surface area contributed by atoms with Gasteiger partial charge in [0.1, 0.15) is 5.69 Å². The molecule has 0 saturated heterocycles. The van der Waals surface area contributed by atoms with Crippen LogP contribution in [0, 0.1) is 0 Å². The standard InChI is InChI=1S/C11H8N4O3/c16-10(14-9-2-1-4-13-15-9)7-3-5-12-8(6-7)11(17)18/h1-6H,(H,17,18)(H,14,15,16). The van der Waals surface area contributed by atoms with Gasteiger partial charge in [-0.15, -0.1) is 5.10 Å². The molecule has 0 radical (unpaired) electrons. The largest absolute Gasteiger partial charge is 0.477 e. The molecule has 0 aliphatic rings. The van der Waals surface area contributed by atoms with E-state index in [9.17, 15) is 9.59 Å². The molecule has 0 aliphatic carbocycles. The lowest BCUT2D eigenvalue weighted by molar-refractivity contribution is 0.0690. The smallest absolute Gasteiger partial charge is 0.354 e. The number of nitrogens with zero attached hydrogens (tertiary/aromatic N) is 3. The third kappa shape index (κ3) is 2.64. The van der Waals surface area contributed by atoms with Crippen LogP contribution in [0.1, 0.15) is 20.8 Å². The van der Waals surface area contributed by atoms with Gasteiger partial charge >= 0.3 is 5.97 Å². The molecule has 0 aliphatic heterocycles. The molecule has 0 unspecified atom stereocenters. The molecule has 2 heterocycles. The molecule has 90 valence electrons. The highest BCUT2D eigenvalue weighted by molar-refractivity contribution is 6.04. The summed E-state index contributed by atoms with van der Waals surface area (Å²) in [7, 11) is 0. The van der Waals surface area contributed by atoms with Crippen LogP contribution in [0.4, 0.5) is 5.82 Å². The summed E-state index contributed by atoms with van der Waals surface area (Å²) in [5.41, 5.74) is -0.00477. The average molecular weight is 244 g/mol. The lowest BCUT2D eigenvalue weighted by Crippen LogP contribution is -2.14. The summed E-state index contributed by atoms with van der Waals surface area (Å²) < 4.78 is 0. The number of carboxylic acid groups (broad SMARTS) is 1. The molecule has 0 bridgehead atoms. The van der Waals surface area contributed by atoms with Gasteiger partial charge in [-0.1, -0.05) is 0 Å². The molecule has 18 heavy (non-hydrogen) atoms. The summed E-state index contributed by atoms with van der Waals surface area (Å²) in [4.78, 5) is 26.1. The number of pyridine rings is 1. The lowest BCUT2D eigenvalue weighted by atomic mass is 10.2. The minimum absolute atomic E-state index is 0.188. The molecular weight excluding hydrogens is 236 g/mol. The van der Waals surface area contributed by atoms with E-state index in [0.29, 0.717) is 0 Å². The second kappa shape index (κ2) is 5.00. The van der Waals surface area contributed by atoms with E-state index in [-0.39, 0.29) is 17.1 Å². The monoisotopic (exact) mass is 244 g/mol. The van der Waals surface area contributed by atoms with E-state index in [2.05, 4.69) is 20.5 Å². The number of aromatic nitrogens is 3. The third-order valence-corrected chi connectivity index (χ3v) is 2.06. The van der Waals surface area contributed by atoms with Crippen molar-refractivity contribution in [1.82, 2.24) is 15.2 Å². The molecule has 2 N–H and O–H groups in total. The van der Waals surface area contributed by atoms with E-state index in [1.165, 1.54) is 24.5 Å². The van der Waals surface area contributed by atoms with Gasteiger partial charge in [-0.25, -0.2) is 9.78 Å². The van der Waals surface area contributed by atoms with Crippen LogP contribution in [-0.4, -0.2) is 32.2 Å². The lowest BCUT2D eigenvalue weighted by Gasteiger charge is -2.03. The van der Waals surface area contributed by atoms with Gasteiger partial charge < -0.3 is 10.4 Å². The Bertz CT molecular complexity index is 586. The second-order valence-electron chi connectivity index (χ2n) is 3.30. The molecule has 0 spiro atoms. The number of carboxylic acids is 1. The zero-order valence-corrected chi connectivity index (χ0v) is 9.07. The minimum Gasteiger partial charge on any atom is -0.477 e. The minimum atomic E-state index is -1.19. The molecular formula is C11H8N4O3. The van der Waals surface area contributed by atoms with Crippen LogP contribution in [0.2, 0.25) is 0 Å². The van der Waals surface area contributed by atoms with Crippen molar-refractivity contribution in [1.29, 1.82) is 0 Å². The van der Waals surface area contributed by atoms with Crippen LogP contribution >= 0.6 is 0 Å². The fraction of sp³-hybridized carbons (Fsp3) is 0. The van der Waals surface area contributed by atoms with Crippen molar-refractivity contribution in [2.75, 3.05) is 5.32 Å². The fourth-order valence-electron chi connectivity index (χ4n) is 1.25. The number of aromatic carboxylic acids is 1. The first-order chi connectivity index (χ1) is 8.66. The molecule has 7 heteroatoms. The number of carbonyl (C=O) groups is 2. The topological polar surface area (TPSA) is 105 Å². The van der Waals surface area contributed by atoms with Crippen LogP contribution in [0.15, 0.2) is 36.7 Å². The number of hydrogen-bond acceptors (Lipinski definition) is 5. The summed E-state index contributed by atoms with van der Waals surface area (Å²) in [6.45, 7) is 0. The van der Waals surface area contributed by atoms with Gasteiger partial charge in [0.2, 0.25) is 0 Å². The van der Waals surface area contributed by atoms with E-state index in [1.54, 1.807) is 12.1 Å². The Labute approximate surface area is 102 Å². The van der Waals surface area contributed by atoms with Crippen LogP contribution in [0.25, 0.3) is 0 Å². The van der Waals surface area contributed by atoms with E-state index in [0.717, 1.165) is 0 Å². The molecule has 0 atom stereocenters. The van der Waals surface area contributed by atoms with E-state index in [1.807, 2.05) is 0 Å². The zero-order chi connectivity index (χ0) is 13.0. The molecule has 2 rings (SSSR count). The summed E-state index contributed by atoms with van der Waals surface area (Å²) in [5, 5.41) is 18.5.